The van der Waals surface area contributed by atoms with Crippen LogP contribution < -0.4 is 0 Å². The summed E-state index contributed by atoms with van der Waals surface area (Å²) in [4.78, 5) is 28.2. The van der Waals surface area contributed by atoms with Crippen LogP contribution >= 0.6 is 11.8 Å². The van der Waals surface area contributed by atoms with Crippen molar-refractivity contribution < 1.29 is 14.3 Å². The fourth-order valence-electron chi connectivity index (χ4n) is 1.81. The van der Waals surface area contributed by atoms with Crippen LogP contribution in [0, 0.1) is 5.92 Å². The molecule has 1 saturated heterocycles. The molecular weight excluding hydrogens is 326 g/mol. The Bertz CT molecular complexity index is 696. The van der Waals surface area contributed by atoms with E-state index in [9.17, 15) is 9.59 Å². The first-order valence-electron chi connectivity index (χ1n) is 7.45. The van der Waals surface area contributed by atoms with Crippen molar-refractivity contribution in [3.05, 3.63) is 47.7 Å². The molecule has 0 aromatic heterocycles. The molecule has 0 amide bonds. The highest BCUT2D eigenvalue weighted by Crippen LogP contribution is 2.30. The third-order valence-electron chi connectivity index (χ3n) is 2.98. The van der Waals surface area contributed by atoms with Crippen LogP contribution in [0.4, 0.5) is 0 Å². The fourth-order valence-corrected chi connectivity index (χ4v) is 2.59. The Kier molecular flexibility index (Phi) is 6.31. The van der Waals surface area contributed by atoms with Crippen LogP contribution in [0.5, 0.6) is 0 Å². The van der Waals surface area contributed by atoms with E-state index in [1.165, 1.54) is 12.1 Å². The van der Waals surface area contributed by atoms with Gasteiger partial charge in [-0.1, -0.05) is 44.2 Å². The number of thioether (sulfide) groups is 1. The van der Waals surface area contributed by atoms with Crippen molar-refractivity contribution in [2.24, 2.45) is 16.0 Å². The number of esters is 1. The molecule has 0 spiro atoms. The maximum Gasteiger partial charge on any atom is 0.332 e. The highest BCUT2D eigenvalue weighted by Gasteiger charge is 2.34. The lowest BCUT2D eigenvalue weighted by molar-refractivity contribution is -0.135. The average molecular weight is 345 g/mol. The van der Waals surface area contributed by atoms with E-state index in [2.05, 4.69) is 14.8 Å². The predicted octanol–water partition coefficient (Wildman–Crippen LogP) is 2.82. The Morgan fingerprint density at radius 3 is 2.67 bits per heavy atom. The molecule has 0 radical (unpaired) electrons. The molecular formula is C17H19N3O3S. The fraction of sp³-hybridized carbons (Fsp3) is 0.294. The Morgan fingerprint density at radius 1 is 1.33 bits per heavy atom. The van der Waals surface area contributed by atoms with E-state index >= 15 is 0 Å². The van der Waals surface area contributed by atoms with E-state index in [0.29, 0.717) is 11.7 Å². The molecule has 0 bridgehead atoms. The lowest BCUT2D eigenvalue weighted by Crippen LogP contribution is -2.19. The number of ether oxygens (including phenoxy) is 1. The van der Waals surface area contributed by atoms with Crippen LogP contribution in [-0.4, -0.2) is 34.6 Å². The molecule has 0 saturated carbocycles. The van der Waals surface area contributed by atoms with Gasteiger partial charge in [0.1, 0.15) is 5.70 Å². The molecule has 6 nitrogen and oxygen atoms in total. The molecule has 1 heterocycles. The largest absolute Gasteiger partial charge is 0.466 e. The SMILES string of the molecule is COC(=O)/C=C1\C(=O)SC(=NCc2ccccc2)N1/N=C/C(C)C. The summed E-state index contributed by atoms with van der Waals surface area (Å²) in [5, 5.41) is 5.85. The number of hydrogen-bond acceptors (Lipinski definition) is 6. The van der Waals surface area contributed by atoms with Gasteiger partial charge in [0, 0.05) is 6.21 Å². The predicted molar refractivity (Wildman–Crippen MR) is 95.4 cm³/mol. The summed E-state index contributed by atoms with van der Waals surface area (Å²) in [5.41, 5.74) is 1.17. The van der Waals surface area contributed by atoms with Crippen molar-refractivity contribution >= 4 is 34.2 Å². The van der Waals surface area contributed by atoms with Gasteiger partial charge in [-0.2, -0.15) is 5.10 Å². The molecule has 2 rings (SSSR count). The second kappa shape index (κ2) is 8.44. The van der Waals surface area contributed by atoms with Crippen LogP contribution in [0.3, 0.4) is 0 Å². The van der Waals surface area contributed by atoms with Crippen molar-refractivity contribution in [1.29, 1.82) is 0 Å². The number of carbonyl (C=O) groups is 2. The normalized spacial score (nSPS) is 18.3. The molecule has 0 aliphatic carbocycles. The molecule has 7 heteroatoms. The van der Waals surface area contributed by atoms with E-state index in [4.69, 9.17) is 0 Å². The van der Waals surface area contributed by atoms with Crippen molar-refractivity contribution in [1.82, 2.24) is 5.01 Å². The number of methoxy groups -OCH3 is 1. The van der Waals surface area contributed by atoms with Crippen LogP contribution in [0.2, 0.25) is 0 Å². The number of benzene rings is 1. The van der Waals surface area contributed by atoms with E-state index in [1.807, 2.05) is 44.2 Å². The molecule has 1 fully saturated rings. The summed E-state index contributed by atoms with van der Waals surface area (Å²) in [7, 11) is 1.26. The molecule has 24 heavy (non-hydrogen) atoms. The van der Waals surface area contributed by atoms with Gasteiger partial charge in [-0.25, -0.2) is 9.80 Å². The minimum Gasteiger partial charge on any atom is -0.466 e. The van der Waals surface area contributed by atoms with Crippen LogP contribution in [0.25, 0.3) is 0 Å². The molecule has 0 N–H and O–H groups in total. The molecule has 1 aliphatic rings. The van der Waals surface area contributed by atoms with E-state index < -0.39 is 5.97 Å². The smallest absolute Gasteiger partial charge is 0.332 e. The number of amidine groups is 1. The van der Waals surface area contributed by atoms with Crippen molar-refractivity contribution in [2.75, 3.05) is 7.11 Å². The van der Waals surface area contributed by atoms with Gasteiger partial charge in [-0.05, 0) is 23.2 Å². The van der Waals surface area contributed by atoms with Crippen molar-refractivity contribution in [3.63, 3.8) is 0 Å². The molecule has 0 unspecified atom stereocenters. The maximum absolute atomic E-state index is 12.2. The zero-order valence-corrected chi connectivity index (χ0v) is 14.6. The van der Waals surface area contributed by atoms with Crippen molar-refractivity contribution in [3.8, 4) is 0 Å². The van der Waals surface area contributed by atoms with E-state index in [-0.39, 0.29) is 16.7 Å². The Morgan fingerprint density at radius 2 is 2.04 bits per heavy atom. The summed E-state index contributed by atoms with van der Waals surface area (Å²) in [6, 6.07) is 9.71. The molecule has 0 atom stereocenters. The minimum absolute atomic E-state index is 0.149. The molecule has 1 aliphatic heterocycles. The lowest BCUT2D eigenvalue weighted by Gasteiger charge is -2.12. The van der Waals surface area contributed by atoms with Crippen LogP contribution in [-0.2, 0) is 20.9 Å². The first-order valence-corrected chi connectivity index (χ1v) is 8.27. The summed E-state index contributed by atoms with van der Waals surface area (Å²) < 4.78 is 4.60. The minimum atomic E-state index is -0.604. The van der Waals surface area contributed by atoms with E-state index in [0.717, 1.165) is 23.4 Å². The summed E-state index contributed by atoms with van der Waals surface area (Å²) in [6.07, 6.45) is 2.83. The number of carbonyl (C=O) groups excluding carboxylic acids is 2. The summed E-state index contributed by atoms with van der Waals surface area (Å²) in [6.45, 7) is 4.37. The third kappa shape index (κ3) is 4.79. The Labute approximate surface area is 145 Å². The maximum atomic E-state index is 12.2. The second-order valence-corrected chi connectivity index (χ2v) is 6.29. The van der Waals surface area contributed by atoms with E-state index in [1.54, 1.807) is 6.21 Å². The monoisotopic (exact) mass is 345 g/mol. The standard InChI is InChI=1S/C17H19N3O3S/c1-12(2)10-19-20-14(9-15(21)23-3)16(22)24-17(20)18-11-13-7-5-4-6-8-13/h4-10,12H,11H2,1-3H3/b14-9+,18-17?,19-10+. The van der Waals surface area contributed by atoms with Crippen molar-refractivity contribution in [2.45, 2.75) is 20.4 Å². The Hall–Kier alpha value is -2.41. The highest BCUT2D eigenvalue weighted by atomic mass is 32.2. The number of rotatable bonds is 5. The molecule has 1 aromatic rings. The van der Waals surface area contributed by atoms with Gasteiger partial charge in [-0.3, -0.25) is 9.79 Å². The molecule has 1 aromatic carbocycles. The number of aliphatic imine (C=N–C) groups is 1. The van der Waals surface area contributed by atoms with Crippen LogP contribution in [0.15, 0.2) is 52.2 Å². The van der Waals surface area contributed by atoms with Gasteiger partial charge >= 0.3 is 5.97 Å². The lowest BCUT2D eigenvalue weighted by atomic mass is 10.2. The van der Waals surface area contributed by atoms with Gasteiger partial charge in [0.05, 0.1) is 19.7 Å². The summed E-state index contributed by atoms with van der Waals surface area (Å²) in [5.74, 6) is -0.409. The number of hydrogen-bond donors (Lipinski definition) is 0. The van der Waals surface area contributed by atoms with Crippen LogP contribution in [0.1, 0.15) is 19.4 Å². The zero-order valence-electron chi connectivity index (χ0n) is 13.8. The Balaban J connectivity index is 2.30. The van der Waals surface area contributed by atoms with Gasteiger partial charge in [0.2, 0.25) is 5.12 Å². The second-order valence-electron chi connectivity index (χ2n) is 5.35. The zero-order chi connectivity index (χ0) is 17.5. The first kappa shape index (κ1) is 17.9. The summed E-state index contributed by atoms with van der Waals surface area (Å²) >= 11 is 0.952. The quantitative estimate of drug-likeness (QED) is 0.466. The van der Waals surface area contributed by atoms with Gasteiger partial charge < -0.3 is 4.74 Å². The number of nitrogens with zero attached hydrogens (tertiary/aromatic N) is 3. The van der Waals surface area contributed by atoms with Gasteiger partial charge in [-0.15, -0.1) is 0 Å². The topological polar surface area (TPSA) is 71.3 Å². The van der Waals surface area contributed by atoms with Gasteiger partial charge in [0.25, 0.3) is 0 Å². The van der Waals surface area contributed by atoms with Gasteiger partial charge in [0.15, 0.2) is 5.17 Å². The highest BCUT2D eigenvalue weighted by molar-refractivity contribution is 8.27. The third-order valence-corrected chi connectivity index (χ3v) is 3.86. The molecule has 126 valence electrons. The number of hydrazone groups is 1. The first-order chi connectivity index (χ1) is 11.5. The average Bonchev–Trinajstić information content (AvgIpc) is 2.87.